The number of piperazine rings is 1. The Balaban J connectivity index is 1.52. The smallest absolute Gasteiger partial charge is 0.152 e. The molecule has 1 unspecified atom stereocenters. The molecule has 5 nitrogen and oxygen atoms in total. The molecule has 2 N–H and O–H groups in total. The van der Waals surface area contributed by atoms with Gasteiger partial charge in [-0.3, -0.25) is 9.80 Å². The van der Waals surface area contributed by atoms with Crippen LogP contribution in [0.1, 0.15) is 37.4 Å². The summed E-state index contributed by atoms with van der Waals surface area (Å²) in [5.74, 6) is 0.902. The number of nitrogens with zero attached hydrogens (tertiary/aromatic N) is 4. The van der Waals surface area contributed by atoms with Crippen molar-refractivity contribution in [1.82, 2.24) is 19.4 Å². The molecule has 1 atom stereocenters. The van der Waals surface area contributed by atoms with Gasteiger partial charge in [0.1, 0.15) is 5.82 Å². The van der Waals surface area contributed by atoms with Crippen LogP contribution in [0.2, 0.25) is 5.15 Å². The highest BCUT2D eigenvalue weighted by molar-refractivity contribution is 6.30. The van der Waals surface area contributed by atoms with E-state index in [0.717, 1.165) is 49.3 Å². The van der Waals surface area contributed by atoms with Gasteiger partial charge in [0.05, 0.1) is 11.7 Å². The minimum atomic E-state index is 0.109. The van der Waals surface area contributed by atoms with Crippen molar-refractivity contribution in [3.05, 3.63) is 41.2 Å². The van der Waals surface area contributed by atoms with Crippen molar-refractivity contribution in [2.24, 2.45) is 12.8 Å². The van der Waals surface area contributed by atoms with E-state index in [1.54, 1.807) is 0 Å². The molecule has 2 aromatic rings. The van der Waals surface area contributed by atoms with E-state index in [2.05, 4.69) is 31.5 Å². The Morgan fingerprint density at radius 3 is 2.41 bits per heavy atom. The van der Waals surface area contributed by atoms with Crippen molar-refractivity contribution in [3.8, 4) is 11.4 Å². The molecular formula is C21H30ClN5. The summed E-state index contributed by atoms with van der Waals surface area (Å²) in [5, 5.41) is 0.574. The van der Waals surface area contributed by atoms with Crippen LogP contribution in [0.5, 0.6) is 0 Å². The number of halogens is 1. The van der Waals surface area contributed by atoms with Gasteiger partial charge in [-0.05, 0) is 12.8 Å². The Bertz CT molecular complexity index is 745. The topological polar surface area (TPSA) is 50.3 Å². The molecule has 27 heavy (non-hydrogen) atoms. The summed E-state index contributed by atoms with van der Waals surface area (Å²) in [7, 11) is 2.05. The zero-order valence-corrected chi connectivity index (χ0v) is 16.9. The van der Waals surface area contributed by atoms with Crippen LogP contribution >= 0.6 is 11.6 Å². The lowest BCUT2D eigenvalue weighted by Gasteiger charge is -2.41. The monoisotopic (exact) mass is 387 g/mol. The molecular weight excluding hydrogens is 358 g/mol. The van der Waals surface area contributed by atoms with Gasteiger partial charge in [-0.2, -0.15) is 0 Å². The third-order valence-electron chi connectivity index (χ3n) is 6.30. The summed E-state index contributed by atoms with van der Waals surface area (Å²) in [5.41, 5.74) is 8.34. The number of benzene rings is 1. The van der Waals surface area contributed by atoms with Crippen molar-refractivity contribution in [2.75, 3.05) is 32.7 Å². The van der Waals surface area contributed by atoms with E-state index in [1.165, 1.54) is 25.7 Å². The van der Waals surface area contributed by atoms with Gasteiger partial charge in [-0.1, -0.05) is 54.8 Å². The Kier molecular flexibility index (Phi) is 5.83. The van der Waals surface area contributed by atoms with Crippen LogP contribution in [0.4, 0.5) is 0 Å². The first kappa shape index (κ1) is 18.9. The molecule has 1 aliphatic carbocycles. The molecule has 2 fully saturated rings. The van der Waals surface area contributed by atoms with Gasteiger partial charge in [0, 0.05) is 51.4 Å². The molecule has 6 heteroatoms. The molecule has 2 heterocycles. The summed E-state index contributed by atoms with van der Waals surface area (Å²) in [6, 6.07) is 11.1. The molecule has 0 bridgehead atoms. The van der Waals surface area contributed by atoms with Crippen LogP contribution in [0.15, 0.2) is 30.3 Å². The Labute approximate surface area is 167 Å². The minimum Gasteiger partial charge on any atom is -0.329 e. The first-order valence-electron chi connectivity index (χ1n) is 10.1. The first-order valence-corrected chi connectivity index (χ1v) is 10.5. The second kappa shape index (κ2) is 8.31. The maximum Gasteiger partial charge on any atom is 0.152 e. The number of imidazole rings is 1. The van der Waals surface area contributed by atoms with Gasteiger partial charge in [-0.15, -0.1) is 0 Å². The molecule has 1 saturated carbocycles. The average molecular weight is 388 g/mol. The molecule has 0 spiro atoms. The van der Waals surface area contributed by atoms with Crippen molar-refractivity contribution in [2.45, 2.75) is 37.8 Å². The number of hydrogen-bond donors (Lipinski definition) is 1. The van der Waals surface area contributed by atoms with Crippen LogP contribution in [-0.4, -0.2) is 58.1 Å². The fourth-order valence-electron chi connectivity index (χ4n) is 4.80. The van der Waals surface area contributed by atoms with Gasteiger partial charge >= 0.3 is 0 Å². The normalized spacial score (nSPS) is 21.0. The van der Waals surface area contributed by atoms with Crippen LogP contribution in [0, 0.1) is 0 Å². The van der Waals surface area contributed by atoms with Crippen LogP contribution < -0.4 is 5.73 Å². The second-order valence-corrected chi connectivity index (χ2v) is 8.16. The Morgan fingerprint density at radius 1 is 1.11 bits per heavy atom. The predicted octanol–water partition coefficient (Wildman–Crippen LogP) is 3.30. The van der Waals surface area contributed by atoms with E-state index in [1.807, 2.05) is 25.2 Å². The van der Waals surface area contributed by atoms with E-state index in [9.17, 15) is 0 Å². The van der Waals surface area contributed by atoms with Gasteiger partial charge in [-0.25, -0.2) is 4.98 Å². The molecule has 0 amide bonds. The number of hydrogen-bond acceptors (Lipinski definition) is 4. The molecule has 4 rings (SSSR count). The first-order chi connectivity index (χ1) is 13.2. The van der Waals surface area contributed by atoms with Crippen molar-refractivity contribution in [3.63, 3.8) is 0 Å². The zero-order valence-electron chi connectivity index (χ0n) is 16.1. The molecule has 1 aromatic heterocycles. The van der Waals surface area contributed by atoms with Crippen LogP contribution in [0.3, 0.4) is 0 Å². The van der Waals surface area contributed by atoms with Crippen molar-refractivity contribution < 1.29 is 0 Å². The number of nitrogens with two attached hydrogens (primary N) is 1. The van der Waals surface area contributed by atoms with Crippen molar-refractivity contribution in [1.29, 1.82) is 0 Å². The standard InChI is InChI=1S/C21H30ClN5/c1-25-19(20(22)24-21(25)16-7-3-2-4-8-16)18(15-23)27-13-11-26(12-14-27)17-9-5-6-10-17/h2-4,7-8,17-18H,5-6,9-15,23H2,1H3. The lowest BCUT2D eigenvalue weighted by Crippen LogP contribution is -2.51. The third-order valence-corrected chi connectivity index (χ3v) is 6.57. The molecule has 1 aliphatic heterocycles. The van der Waals surface area contributed by atoms with E-state index >= 15 is 0 Å². The predicted molar refractivity (Wildman–Crippen MR) is 111 cm³/mol. The van der Waals surface area contributed by atoms with Crippen LogP contribution in [-0.2, 0) is 7.05 Å². The van der Waals surface area contributed by atoms with E-state index in [-0.39, 0.29) is 6.04 Å². The quantitative estimate of drug-likeness (QED) is 0.855. The fourth-order valence-corrected chi connectivity index (χ4v) is 5.13. The molecule has 2 aliphatic rings. The SMILES string of the molecule is Cn1c(-c2ccccc2)nc(Cl)c1C(CN)N1CCN(C2CCCC2)CC1. The zero-order chi connectivity index (χ0) is 18.8. The van der Waals surface area contributed by atoms with E-state index in [0.29, 0.717) is 11.7 Å². The summed E-state index contributed by atoms with van der Waals surface area (Å²) >= 11 is 6.60. The van der Waals surface area contributed by atoms with Gasteiger partial charge in [0.25, 0.3) is 0 Å². The Hall–Kier alpha value is -1.40. The van der Waals surface area contributed by atoms with E-state index < -0.39 is 0 Å². The average Bonchev–Trinajstić information content (AvgIpc) is 3.34. The Morgan fingerprint density at radius 2 is 1.78 bits per heavy atom. The number of rotatable bonds is 5. The fraction of sp³-hybridized carbons (Fsp3) is 0.571. The maximum absolute atomic E-state index is 6.60. The van der Waals surface area contributed by atoms with Gasteiger partial charge in [0.2, 0.25) is 0 Å². The number of aromatic nitrogens is 2. The molecule has 1 saturated heterocycles. The van der Waals surface area contributed by atoms with Crippen molar-refractivity contribution >= 4 is 11.6 Å². The second-order valence-electron chi connectivity index (χ2n) is 7.80. The minimum absolute atomic E-state index is 0.109. The lowest BCUT2D eigenvalue weighted by atomic mass is 10.1. The maximum atomic E-state index is 6.60. The largest absolute Gasteiger partial charge is 0.329 e. The summed E-state index contributed by atoms with van der Waals surface area (Å²) < 4.78 is 2.12. The summed E-state index contributed by atoms with van der Waals surface area (Å²) in [6.07, 6.45) is 5.52. The third kappa shape index (κ3) is 3.79. The van der Waals surface area contributed by atoms with Gasteiger partial charge < -0.3 is 10.3 Å². The van der Waals surface area contributed by atoms with E-state index in [4.69, 9.17) is 17.3 Å². The van der Waals surface area contributed by atoms with Gasteiger partial charge in [0.15, 0.2) is 5.15 Å². The highest BCUT2D eigenvalue weighted by Crippen LogP contribution is 2.32. The highest BCUT2D eigenvalue weighted by Gasteiger charge is 2.32. The summed E-state index contributed by atoms with van der Waals surface area (Å²) in [4.78, 5) is 9.82. The van der Waals surface area contributed by atoms with Crippen LogP contribution in [0.25, 0.3) is 11.4 Å². The highest BCUT2D eigenvalue weighted by atomic mass is 35.5. The summed E-state index contributed by atoms with van der Waals surface area (Å²) in [6.45, 7) is 4.89. The molecule has 1 aromatic carbocycles. The molecule has 0 radical (unpaired) electrons. The lowest BCUT2D eigenvalue weighted by molar-refractivity contribution is 0.0703. The molecule has 146 valence electrons.